The number of ether oxygens (including phenoxy) is 1. The number of nitrogens with one attached hydrogen (secondary N) is 3. The van der Waals surface area contributed by atoms with Gasteiger partial charge in [-0.3, -0.25) is 9.59 Å². The molecule has 3 aromatic rings. The zero-order chi connectivity index (χ0) is 19.8. The summed E-state index contributed by atoms with van der Waals surface area (Å²) in [7, 11) is 1.55. The third kappa shape index (κ3) is 5.11. The first-order valence-electron chi connectivity index (χ1n) is 8.79. The van der Waals surface area contributed by atoms with Gasteiger partial charge in [-0.2, -0.15) is 0 Å². The van der Waals surface area contributed by atoms with Gasteiger partial charge in [-0.15, -0.1) is 0 Å². The number of rotatable bonds is 7. The predicted octanol–water partition coefficient (Wildman–Crippen LogP) is 4.00. The minimum Gasteiger partial charge on any atom is -0.495 e. The molecule has 0 aliphatic heterocycles. The Labute approximate surface area is 163 Å². The second kappa shape index (κ2) is 9.23. The molecule has 0 atom stereocenters. The number of para-hydroxylation sites is 2. The van der Waals surface area contributed by atoms with Crippen LogP contribution in [0, 0.1) is 0 Å². The molecule has 0 unspecified atom stereocenters. The van der Waals surface area contributed by atoms with E-state index in [2.05, 4.69) is 16.0 Å². The van der Waals surface area contributed by atoms with Gasteiger partial charge >= 0.3 is 0 Å². The molecule has 0 aromatic heterocycles. The van der Waals surface area contributed by atoms with Crippen molar-refractivity contribution in [3.8, 4) is 5.75 Å². The molecule has 6 heteroatoms. The lowest BCUT2D eigenvalue weighted by Crippen LogP contribution is -2.22. The van der Waals surface area contributed by atoms with Crippen LogP contribution in [0.15, 0.2) is 78.9 Å². The van der Waals surface area contributed by atoms with E-state index in [0.717, 1.165) is 5.69 Å². The van der Waals surface area contributed by atoms with Gasteiger partial charge in [0, 0.05) is 16.9 Å². The van der Waals surface area contributed by atoms with E-state index in [0.29, 0.717) is 22.7 Å². The third-order valence-corrected chi connectivity index (χ3v) is 3.99. The third-order valence-electron chi connectivity index (χ3n) is 3.99. The minimum atomic E-state index is -0.205. The SMILES string of the molecule is COc1ccccc1NC(=O)CNc1cccc(NC(=O)c2ccccc2)c1. The highest BCUT2D eigenvalue weighted by molar-refractivity contribution is 6.04. The first kappa shape index (κ1) is 19.0. The average Bonchev–Trinajstić information content (AvgIpc) is 2.73. The largest absolute Gasteiger partial charge is 0.495 e. The van der Waals surface area contributed by atoms with Crippen molar-refractivity contribution in [2.24, 2.45) is 0 Å². The van der Waals surface area contributed by atoms with E-state index < -0.39 is 0 Å². The van der Waals surface area contributed by atoms with Crippen molar-refractivity contribution in [2.75, 3.05) is 29.6 Å². The smallest absolute Gasteiger partial charge is 0.255 e. The number of amides is 2. The fourth-order valence-electron chi connectivity index (χ4n) is 2.62. The molecule has 3 N–H and O–H groups in total. The fourth-order valence-corrected chi connectivity index (χ4v) is 2.62. The average molecular weight is 375 g/mol. The van der Waals surface area contributed by atoms with E-state index >= 15 is 0 Å². The number of benzene rings is 3. The van der Waals surface area contributed by atoms with Gasteiger partial charge < -0.3 is 20.7 Å². The van der Waals surface area contributed by atoms with Gasteiger partial charge in [0.05, 0.1) is 19.3 Å². The van der Waals surface area contributed by atoms with Crippen LogP contribution >= 0.6 is 0 Å². The summed E-state index contributed by atoms with van der Waals surface area (Å²) < 4.78 is 5.22. The first-order chi connectivity index (χ1) is 13.7. The summed E-state index contributed by atoms with van der Waals surface area (Å²) in [6, 6.07) is 23.4. The summed E-state index contributed by atoms with van der Waals surface area (Å²) in [5.74, 6) is 0.205. The molecule has 0 aliphatic carbocycles. The van der Waals surface area contributed by atoms with Crippen molar-refractivity contribution >= 4 is 28.9 Å². The highest BCUT2D eigenvalue weighted by Crippen LogP contribution is 2.23. The fraction of sp³-hybridized carbons (Fsp3) is 0.0909. The monoisotopic (exact) mass is 375 g/mol. The lowest BCUT2D eigenvalue weighted by molar-refractivity contribution is -0.114. The normalized spacial score (nSPS) is 10.0. The molecule has 0 heterocycles. The zero-order valence-corrected chi connectivity index (χ0v) is 15.4. The van der Waals surface area contributed by atoms with Crippen LogP contribution in [0.2, 0.25) is 0 Å². The number of hydrogen-bond acceptors (Lipinski definition) is 4. The Balaban J connectivity index is 1.57. The molecule has 2 amide bonds. The number of carbonyl (C=O) groups is 2. The molecule has 0 spiro atoms. The molecule has 3 rings (SSSR count). The lowest BCUT2D eigenvalue weighted by Gasteiger charge is -2.12. The second-order valence-corrected chi connectivity index (χ2v) is 6.00. The Morgan fingerprint density at radius 1 is 0.821 bits per heavy atom. The molecule has 3 aromatic carbocycles. The van der Waals surface area contributed by atoms with Crippen molar-refractivity contribution in [1.82, 2.24) is 0 Å². The summed E-state index contributed by atoms with van der Waals surface area (Å²) in [5, 5.41) is 8.70. The summed E-state index contributed by atoms with van der Waals surface area (Å²) in [4.78, 5) is 24.5. The molecule has 28 heavy (non-hydrogen) atoms. The minimum absolute atomic E-state index is 0.0775. The first-order valence-corrected chi connectivity index (χ1v) is 8.79. The van der Waals surface area contributed by atoms with Crippen LogP contribution in [0.4, 0.5) is 17.1 Å². The quantitative estimate of drug-likeness (QED) is 0.583. The molecule has 0 aliphatic rings. The second-order valence-electron chi connectivity index (χ2n) is 6.00. The topological polar surface area (TPSA) is 79.5 Å². The predicted molar refractivity (Wildman–Crippen MR) is 111 cm³/mol. The van der Waals surface area contributed by atoms with Crippen LogP contribution in [0.3, 0.4) is 0 Å². The van der Waals surface area contributed by atoms with Crippen molar-refractivity contribution in [3.63, 3.8) is 0 Å². The van der Waals surface area contributed by atoms with E-state index in [1.54, 1.807) is 49.6 Å². The summed E-state index contributed by atoms with van der Waals surface area (Å²) >= 11 is 0. The van der Waals surface area contributed by atoms with Gasteiger partial charge in [0.25, 0.3) is 5.91 Å². The van der Waals surface area contributed by atoms with E-state index in [4.69, 9.17) is 4.74 Å². The van der Waals surface area contributed by atoms with E-state index in [-0.39, 0.29) is 18.4 Å². The highest BCUT2D eigenvalue weighted by atomic mass is 16.5. The number of hydrogen-bond donors (Lipinski definition) is 3. The molecular weight excluding hydrogens is 354 g/mol. The van der Waals surface area contributed by atoms with Crippen LogP contribution in [-0.2, 0) is 4.79 Å². The Kier molecular flexibility index (Phi) is 6.25. The zero-order valence-electron chi connectivity index (χ0n) is 15.4. The van der Waals surface area contributed by atoms with Crippen molar-refractivity contribution < 1.29 is 14.3 Å². The maximum Gasteiger partial charge on any atom is 0.255 e. The molecule has 0 bridgehead atoms. The number of methoxy groups -OCH3 is 1. The van der Waals surface area contributed by atoms with Crippen LogP contribution in [0.5, 0.6) is 5.75 Å². The Morgan fingerprint density at radius 3 is 2.32 bits per heavy atom. The van der Waals surface area contributed by atoms with Gasteiger partial charge in [-0.25, -0.2) is 0 Å². The number of anilines is 3. The van der Waals surface area contributed by atoms with Crippen LogP contribution in [-0.4, -0.2) is 25.5 Å². The van der Waals surface area contributed by atoms with Crippen molar-refractivity contribution in [3.05, 3.63) is 84.4 Å². The molecule has 0 saturated heterocycles. The lowest BCUT2D eigenvalue weighted by atomic mass is 10.2. The van der Waals surface area contributed by atoms with Gasteiger partial charge in [0.2, 0.25) is 5.91 Å². The highest BCUT2D eigenvalue weighted by Gasteiger charge is 2.08. The Bertz CT molecular complexity index is 958. The molecule has 0 fully saturated rings. The molecule has 142 valence electrons. The van der Waals surface area contributed by atoms with Gasteiger partial charge in [0.1, 0.15) is 5.75 Å². The summed E-state index contributed by atoms with van der Waals surface area (Å²) in [6.45, 7) is 0.0775. The molecule has 6 nitrogen and oxygen atoms in total. The maximum absolute atomic E-state index is 12.2. The molecule has 0 radical (unpaired) electrons. The van der Waals surface area contributed by atoms with Gasteiger partial charge in [0.15, 0.2) is 0 Å². The van der Waals surface area contributed by atoms with E-state index in [1.165, 1.54) is 0 Å². The van der Waals surface area contributed by atoms with Gasteiger partial charge in [-0.1, -0.05) is 36.4 Å². The summed E-state index contributed by atoms with van der Waals surface area (Å²) in [5.41, 5.74) is 2.56. The van der Waals surface area contributed by atoms with Crippen LogP contribution < -0.4 is 20.7 Å². The Morgan fingerprint density at radius 2 is 1.54 bits per heavy atom. The van der Waals surface area contributed by atoms with Crippen molar-refractivity contribution in [1.29, 1.82) is 0 Å². The Hall–Kier alpha value is -3.80. The van der Waals surface area contributed by atoms with Crippen LogP contribution in [0.1, 0.15) is 10.4 Å². The van der Waals surface area contributed by atoms with Crippen molar-refractivity contribution in [2.45, 2.75) is 0 Å². The molecule has 0 saturated carbocycles. The van der Waals surface area contributed by atoms with E-state index in [1.807, 2.05) is 36.4 Å². The standard InChI is InChI=1S/C22H21N3O3/c1-28-20-13-6-5-12-19(20)25-21(26)15-23-17-10-7-11-18(14-17)24-22(27)16-8-3-2-4-9-16/h2-14,23H,15H2,1H3,(H,24,27)(H,25,26). The van der Waals surface area contributed by atoms with E-state index in [9.17, 15) is 9.59 Å². The van der Waals surface area contributed by atoms with Gasteiger partial charge in [-0.05, 0) is 42.5 Å². The van der Waals surface area contributed by atoms with Crippen LogP contribution in [0.25, 0.3) is 0 Å². The number of carbonyl (C=O) groups excluding carboxylic acids is 2. The molecular formula is C22H21N3O3. The maximum atomic E-state index is 12.2. The summed E-state index contributed by atoms with van der Waals surface area (Å²) in [6.07, 6.45) is 0.